The summed E-state index contributed by atoms with van der Waals surface area (Å²) < 4.78 is 25.3. The largest absolute Gasteiger partial charge is 0.517 e. The molecule has 2 rings (SSSR count). The van der Waals surface area contributed by atoms with Crippen molar-refractivity contribution in [2.24, 2.45) is 0 Å². The second-order valence-corrected chi connectivity index (χ2v) is 5.47. The first-order valence-corrected chi connectivity index (χ1v) is 5.71. The molecular formula is C12H17BFNO2. The van der Waals surface area contributed by atoms with E-state index in [0.29, 0.717) is 0 Å². The monoisotopic (exact) mass is 237 g/mol. The van der Waals surface area contributed by atoms with Crippen molar-refractivity contribution in [2.45, 2.75) is 45.8 Å². The van der Waals surface area contributed by atoms with Gasteiger partial charge in [0.25, 0.3) is 0 Å². The second-order valence-electron chi connectivity index (χ2n) is 5.47. The number of nitrogens with zero attached hydrogens (tertiary/aromatic N) is 1. The highest BCUT2D eigenvalue weighted by molar-refractivity contribution is 6.61. The molecule has 0 unspecified atom stereocenters. The smallest absolute Gasteiger partial charge is 0.398 e. The van der Waals surface area contributed by atoms with Gasteiger partial charge in [0.2, 0.25) is 0 Å². The van der Waals surface area contributed by atoms with Crippen LogP contribution in [-0.4, -0.2) is 23.3 Å². The van der Waals surface area contributed by atoms with Gasteiger partial charge in [-0.15, -0.1) is 0 Å². The van der Waals surface area contributed by atoms with Crippen LogP contribution in [0.15, 0.2) is 12.3 Å². The minimum absolute atomic E-state index is 0.217. The molecule has 1 saturated heterocycles. The molecule has 0 radical (unpaired) electrons. The molecule has 1 fully saturated rings. The van der Waals surface area contributed by atoms with Crippen molar-refractivity contribution in [3.05, 3.63) is 23.6 Å². The molecular weight excluding hydrogens is 220 g/mol. The van der Waals surface area contributed by atoms with Crippen molar-refractivity contribution in [3.8, 4) is 0 Å². The Hall–Kier alpha value is -0.935. The summed E-state index contributed by atoms with van der Waals surface area (Å²) in [6, 6.07) is 1.44. The van der Waals surface area contributed by atoms with Crippen LogP contribution in [0.5, 0.6) is 0 Å². The van der Waals surface area contributed by atoms with Crippen molar-refractivity contribution in [1.82, 2.24) is 4.98 Å². The van der Waals surface area contributed by atoms with Crippen molar-refractivity contribution >= 4 is 12.7 Å². The Kier molecular flexibility index (Phi) is 2.79. The molecule has 0 atom stereocenters. The van der Waals surface area contributed by atoms with E-state index in [9.17, 15) is 4.39 Å². The van der Waals surface area contributed by atoms with Gasteiger partial charge in [0.1, 0.15) is 11.4 Å². The molecule has 3 nitrogen and oxygen atoms in total. The third-order valence-electron chi connectivity index (χ3n) is 3.48. The fourth-order valence-electron chi connectivity index (χ4n) is 1.67. The summed E-state index contributed by atoms with van der Waals surface area (Å²) in [5, 5.41) is 0. The van der Waals surface area contributed by atoms with Crippen LogP contribution in [0.4, 0.5) is 4.39 Å². The maximum Gasteiger partial charge on any atom is 0.517 e. The summed E-state index contributed by atoms with van der Waals surface area (Å²) >= 11 is 0. The maximum atomic E-state index is 13.8. The van der Waals surface area contributed by atoms with Crippen LogP contribution in [0.25, 0.3) is 0 Å². The van der Waals surface area contributed by atoms with E-state index in [0.717, 1.165) is 5.56 Å². The van der Waals surface area contributed by atoms with E-state index in [-0.39, 0.29) is 11.4 Å². The molecule has 92 valence electrons. The molecule has 2 heterocycles. The number of aromatic nitrogens is 1. The van der Waals surface area contributed by atoms with Crippen LogP contribution in [0.3, 0.4) is 0 Å². The standard InChI is InChI=1S/C12H17BFNO2/c1-8-6-9(14)10(15-7-8)13-16-11(2,3)12(4,5)17-13/h6-7H,1-5H3. The lowest BCUT2D eigenvalue weighted by Crippen LogP contribution is -2.41. The topological polar surface area (TPSA) is 31.4 Å². The predicted molar refractivity (Wildman–Crippen MR) is 64.6 cm³/mol. The van der Waals surface area contributed by atoms with Crippen molar-refractivity contribution in [3.63, 3.8) is 0 Å². The third-order valence-corrected chi connectivity index (χ3v) is 3.48. The molecule has 1 aromatic heterocycles. The summed E-state index contributed by atoms with van der Waals surface area (Å²) in [4.78, 5) is 4.07. The minimum Gasteiger partial charge on any atom is -0.398 e. The van der Waals surface area contributed by atoms with Gasteiger partial charge < -0.3 is 9.31 Å². The van der Waals surface area contributed by atoms with Crippen molar-refractivity contribution in [2.75, 3.05) is 0 Å². The Balaban J connectivity index is 2.32. The van der Waals surface area contributed by atoms with Crippen LogP contribution >= 0.6 is 0 Å². The lowest BCUT2D eigenvalue weighted by Gasteiger charge is -2.32. The number of rotatable bonds is 1. The average molecular weight is 237 g/mol. The van der Waals surface area contributed by atoms with Gasteiger partial charge in [-0.25, -0.2) is 4.39 Å². The fraction of sp³-hybridized carbons (Fsp3) is 0.583. The van der Waals surface area contributed by atoms with Gasteiger partial charge in [-0.2, -0.15) is 0 Å². The summed E-state index contributed by atoms with van der Waals surface area (Å²) in [7, 11) is -0.736. The van der Waals surface area contributed by atoms with Crippen LogP contribution in [0.1, 0.15) is 33.3 Å². The molecule has 0 N–H and O–H groups in total. The van der Waals surface area contributed by atoms with Crippen LogP contribution in [-0.2, 0) is 9.31 Å². The van der Waals surface area contributed by atoms with E-state index in [2.05, 4.69) is 4.98 Å². The van der Waals surface area contributed by atoms with Gasteiger partial charge in [-0.1, -0.05) is 0 Å². The zero-order valence-corrected chi connectivity index (χ0v) is 10.9. The second kappa shape index (κ2) is 3.78. The maximum absolute atomic E-state index is 13.8. The number of halogens is 1. The van der Waals surface area contributed by atoms with Crippen LogP contribution in [0, 0.1) is 12.7 Å². The zero-order chi connectivity index (χ0) is 12.8. The van der Waals surface area contributed by atoms with Crippen LogP contribution < -0.4 is 5.59 Å². The molecule has 0 spiro atoms. The minimum atomic E-state index is -0.736. The number of pyridine rings is 1. The van der Waals surface area contributed by atoms with Gasteiger partial charge >= 0.3 is 7.12 Å². The summed E-state index contributed by atoms with van der Waals surface area (Å²) in [5.41, 5.74) is 0.0462. The summed E-state index contributed by atoms with van der Waals surface area (Å²) in [6.07, 6.45) is 1.61. The molecule has 0 bridgehead atoms. The number of aryl methyl sites for hydroxylation is 1. The van der Waals surface area contributed by atoms with Crippen molar-refractivity contribution < 1.29 is 13.7 Å². The lowest BCUT2D eigenvalue weighted by atomic mass is 9.83. The van der Waals surface area contributed by atoms with E-state index in [1.54, 1.807) is 13.1 Å². The molecule has 0 saturated carbocycles. The average Bonchev–Trinajstić information content (AvgIpc) is 2.35. The molecule has 1 aliphatic heterocycles. The molecule has 5 heteroatoms. The predicted octanol–water partition coefficient (Wildman–Crippen LogP) is 1.83. The van der Waals surface area contributed by atoms with Gasteiger partial charge in [-0.05, 0) is 46.2 Å². The highest BCUT2D eigenvalue weighted by Crippen LogP contribution is 2.36. The number of hydrogen-bond acceptors (Lipinski definition) is 3. The highest BCUT2D eigenvalue weighted by Gasteiger charge is 2.53. The first kappa shape index (κ1) is 12.5. The Morgan fingerprint density at radius 2 is 1.71 bits per heavy atom. The van der Waals surface area contributed by atoms with Crippen LogP contribution in [0.2, 0.25) is 0 Å². The Labute approximate surface area is 101 Å². The van der Waals surface area contributed by atoms with E-state index in [1.807, 2.05) is 27.7 Å². The lowest BCUT2D eigenvalue weighted by molar-refractivity contribution is 0.00578. The number of hydrogen-bond donors (Lipinski definition) is 0. The Morgan fingerprint density at radius 3 is 2.18 bits per heavy atom. The highest BCUT2D eigenvalue weighted by atomic mass is 19.1. The molecule has 1 aliphatic rings. The molecule has 0 aromatic carbocycles. The van der Waals surface area contributed by atoms with Gasteiger partial charge in [0, 0.05) is 6.20 Å². The third kappa shape index (κ3) is 2.09. The van der Waals surface area contributed by atoms with Gasteiger partial charge in [0.15, 0.2) is 0 Å². The van der Waals surface area contributed by atoms with Gasteiger partial charge in [-0.3, -0.25) is 4.98 Å². The van der Waals surface area contributed by atoms with Crippen molar-refractivity contribution in [1.29, 1.82) is 0 Å². The van der Waals surface area contributed by atoms with E-state index in [1.165, 1.54) is 6.07 Å². The van der Waals surface area contributed by atoms with E-state index < -0.39 is 18.3 Å². The normalized spacial score (nSPS) is 21.9. The molecule has 0 amide bonds. The Morgan fingerprint density at radius 1 is 1.18 bits per heavy atom. The first-order chi connectivity index (χ1) is 7.73. The first-order valence-electron chi connectivity index (χ1n) is 5.71. The van der Waals surface area contributed by atoms with Gasteiger partial charge in [0.05, 0.1) is 11.2 Å². The summed E-state index contributed by atoms with van der Waals surface area (Å²) in [5.74, 6) is -0.386. The Bertz CT molecular complexity index is 432. The molecule has 17 heavy (non-hydrogen) atoms. The van der Waals surface area contributed by atoms with E-state index >= 15 is 0 Å². The zero-order valence-electron chi connectivity index (χ0n) is 10.9. The SMILES string of the molecule is Cc1cnc(B2OC(C)(C)C(C)(C)O2)c(F)c1. The molecule has 1 aromatic rings. The summed E-state index contributed by atoms with van der Waals surface area (Å²) in [6.45, 7) is 9.51. The quantitative estimate of drug-likeness (QED) is 0.698. The fourth-order valence-corrected chi connectivity index (χ4v) is 1.67. The van der Waals surface area contributed by atoms with E-state index in [4.69, 9.17) is 9.31 Å². The molecule has 0 aliphatic carbocycles.